The molecular formula is C24H26N2O3. The zero-order valence-corrected chi connectivity index (χ0v) is 16.7. The Hall–Kier alpha value is -2.63. The third-order valence-electron chi connectivity index (χ3n) is 5.79. The van der Waals surface area contributed by atoms with Crippen molar-refractivity contribution in [3.63, 3.8) is 0 Å². The summed E-state index contributed by atoms with van der Waals surface area (Å²) in [5.41, 5.74) is 6.88. The molecule has 29 heavy (non-hydrogen) atoms. The molecule has 0 saturated carbocycles. The van der Waals surface area contributed by atoms with E-state index in [0.29, 0.717) is 6.61 Å². The second kappa shape index (κ2) is 8.01. The van der Waals surface area contributed by atoms with Gasteiger partial charge in [0, 0.05) is 30.1 Å². The van der Waals surface area contributed by atoms with Crippen molar-refractivity contribution < 1.29 is 14.2 Å². The van der Waals surface area contributed by atoms with Crippen LogP contribution in [0.5, 0.6) is 5.75 Å². The molecule has 2 aliphatic rings. The van der Waals surface area contributed by atoms with E-state index in [2.05, 4.69) is 53.3 Å². The number of ether oxygens (including phenoxy) is 3. The highest BCUT2D eigenvalue weighted by atomic mass is 16.5. The van der Waals surface area contributed by atoms with Gasteiger partial charge in [0.05, 0.1) is 26.4 Å². The van der Waals surface area contributed by atoms with Gasteiger partial charge >= 0.3 is 0 Å². The number of benzene rings is 1. The van der Waals surface area contributed by atoms with E-state index < -0.39 is 0 Å². The van der Waals surface area contributed by atoms with Crippen LogP contribution in [0.15, 0.2) is 42.6 Å². The summed E-state index contributed by atoms with van der Waals surface area (Å²) >= 11 is 0. The van der Waals surface area contributed by atoms with Crippen LogP contribution in [-0.4, -0.2) is 42.5 Å². The molecule has 2 aromatic heterocycles. The molecule has 1 N–H and O–H groups in total. The van der Waals surface area contributed by atoms with Gasteiger partial charge in [0.2, 0.25) is 0 Å². The Morgan fingerprint density at radius 2 is 1.97 bits per heavy atom. The number of nitrogens with one attached hydrogen (secondary N) is 1. The summed E-state index contributed by atoms with van der Waals surface area (Å²) in [4.78, 5) is 8.03. The fourth-order valence-electron chi connectivity index (χ4n) is 4.15. The molecule has 0 unspecified atom stereocenters. The predicted molar refractivity (Wildman–Crippen MR) is 114 cm³/mol. The summed E-state index contributed by atoms with van der Waals surface area (Å²) in [5, 5.41) is 1.15. The molecule has 0 radical (unpaired) electrons. The topological polar surface area (TPSA) is 56.4 Å². The highest BCUT2D eigenvalue weighted by Gasteiger charge is 2.17. The van der Waals surface area contributed by atoms with Gasteiger partial charge in [-0.05, 0) is 59.9 Å². The number of fused-ring (bicyclic) bond motifs is 1. The van der Waals surface area contributed by atoms with Crippen molar-refractivity contribution in [2.24, 2.45) is 0 Å². The van der Waals surface area contributed by atoms with Crippen LogP contribution in [0.1, 0.15) is 30.5 Å². The van der Waals surface area contributed by atoms with Gasteiger partial charge < -0.3 is 19.2 Å². The minimum absolute atomic E-state index is 0.251. The fourth-order valence-corrected chi connectivity index (χ4v) is 4.15. The maximum absolute atomic E-state index is 6.23. The van der Waals surface area contributed by atoms with Crippen LogP contribution in [0.3, 0.4) is 0 Å². The first-order valence-corrected chi connectivity index (χ1v) is 10.4. The van der Waals surface area contributed by atoms with E-state index in [0.717, 1.165) is 67.1 Å². The Kier molecular flexibility index (Phi) is 5.08. The Balaban J connectivity index is 1.46. The molecule has 5 nitrogen and oxygen atoms in total. The third-order valence-corrected chi connectivity index (χ3v) is 5.79. The maximum Gasteiger partial charge on any atom is 0.138 e. The molecule has 150 valence electrons. The van der Waals surface area contributed by atoms with Crippen molar-refractivity contribution in [3.05, 3.63) is 53.9 Å². The third kappa shape index (κ3) is 3.80. The van der Waals surface area contributed by atoms with Crippen LogP contribution in [0.2, 0.25) is 0 Å². The molecule has 4 heterocycles. The van der Waals surface area contributed by atoms with Gasteiger partial charge in [-0.25, -0.2) is 4.98 Å². The number of pyridine rings is 1. The molecule has 2 aliphatic heterocycles. The maximum atomic E-state index is 6.23. The van der Waals surface area contributed by atoms with E-state index in [1.807, 2.05) is 6.20 Å². The van der Waals surface area contributed by atoms with Crippen LogP contribution < -0.4 is 4.74 Å². The van der Waals surface area contributed by atoms with E-state index in [1.54, 1.807) is 0 Å². The first kappa shape index (κ1) is 18.4. The Labute approximate surface area is 170 Å². The van der Waals surface area contributed by atoms with Gasteiger partial charge in [0.25, 0.3) is 0 Å². The monoisotopic (exact) mass is 390 g/mol. The lowest BCUT2D eigenvalue weighted by molar-refractivity contribution is 0.0253. The number of aromatic amines is 1. The average molecular weight is 390 g/mol. The van der Waals surface area contributed by atoms with Crippen molar-refractivity contribution in [3.8, 4) is 16.9 Å². The Morgan fingerprint density at radius 3 is 2.76 bits per heavy atom. The van der Waals surface area contributed by atoms with Crippen molar-refractivity contribution in [1.29, 1.82) is 0 Å². The van der Waals surface area contributed by atoms with Crippen LogP contribution in [0.4, 0.5) is 0 Å². The summed E-state index contributed by atoms with van der Waals surface area (Å²) in [6.07, 6.45) is 7.12. The number of hydrogen-bond donors (Lipinski definition) is 1. The predicted octanol–water partition coefficient (Wildman–Crippen LogP) is 4.90. The molecule has 5 rings (SSSR count). The SMILES string of the molecule is Cc1cc(-c2ccnc3[nH]c(C4=CCOCC4)cc23)ccc1OC1CCOCC1. The second-order valence-corrected chi connectivity index (χ2v) is 7.77. The molecular weight excluding hydrogens is 364 g/mol. The summed E-state index contributed by atoms with van der Waals surface area (Å²) in [6, 6.07) is 10.8. The average Bonchev–Trinajstić information content (AvgIpc) is 3.21. The minimum Gasteiger partial charge on any atom is -0.490 e. The van der Waals surface area contributed by atoms with E-state index in [-0.39, 0.29) is 6.10 Å². The van der Waals surface area contributed by atoms with Gasteiger partial charge in [0.1, 0.15) is 17.5 Å². The van der Waals surface area contributed by atoms with Gasteiger partial charge in [0.15, 0.2) is 0 Å². The van der Waals surface area contributed by atoms with E-state index >= 15 is 0 Å². The standard InChI is InChI=1S/C24H26N2O3/c1-16-14-18(2-3-23(16)29-19-7-12-28-13-8-19)20-4-9-25-24-21(20)15-22(26-24)17-5-10-27-11-6-17/h2-5,9,14-15,19H,6-8,10-13H2,1H3,(H,25,26). The summed E-state index contributed by atoms with van der Waals surface area (Å²) in [7, 11) is 0. The number of rotatable bonds is 4. The number of hydrogen-bond acceptors (Lipinski definition) is 4. The molecule has 0 spiro atoms. The van der Waals surface area contributed by atoms with Crippen molar-refractivity contribution >= 4 is 16.6 Å². The number of aromatic nitrogens is 2. The van der Waals surface area contributed by atoms with Crippen LogP contribution in [0, 0.1) is 6.92 Å². The molecule has 1 fully saturated rings. The summed E-state index contributed by atoms with van der Waals surface area (Å²) in [6.45, 7) is 5.14. The van der Waals surface area contributed by atoms with Crippen LogP contribution >= 0.6 is 0 Å². The van der Waals surface area contributed by atoms with E-state index in [1.165, 1.54) is 16.7 Å². The zero-order valence-electron chi connectivity index (χ0n) is 16.7. The molecule has 0 bridgehead atoms. The lowest BCUT2D eigenvalue weighted by Gasteiger charge is -2.24. The second-order valence-electron chi connectivity index (χ2n) is 7.77. The highest BCUT2D eigenvalue weighted by Crippen LogP contribution is 2.34. The summed E-state index contributed by atoms with van der Waals surface area (Å²) in [5.74, 6) is 0.966. The normalized spacial score (nSPS) is 18.0. The summed E-state index contributed by atoms with van der Waals surface area (Å²) < 4.78 is 17.1. The first-order valence-electron chi connectivity index (χ1n) is 10.4. The first-order chi connectivity index (χ1) is 14.3. The largest absolute Gasteiger partial charge is 0.490 e. The van der Waals surface area contributed by atoms with E-state index in [4.69, 9.17) is 14.2 Å². The smallest absolute Gasteiger partial charge is 0.138 e. The van der Waals surface area contributed by atoms with Crippen molar-refractivity contribution in [2.45, 2.75) is 32.3 Å². The van der Waals surface area contributed by atoms with Crippen molar-refractivity contribution in [2.75, 3.05) is 26.4 Å². The van der Waals surface area contributed by atoms with Crippen LogP contribution in [0.25, 0.3) is 27.7 Å². The highest BCUT2D eigenvalue weighted by molar-refractivity contribution is 5.95. The molecule has 0 aliphatic carbocycles. The molecule has 3 aromatic rings. The number of H-pyrrole nitrogens is 1. The Morgan fingerprint density at radius 1 is 1.07 bits per heavy atom. The van der Waals surface area contributed by atoms with E-state index in [9.17, 15) is 0 Å². The van der Waals surface area contributed by atoms with Gasteiger partial charge in [-0.2, -0.15) is 0 Å². The van der Waals surface area contributed by atoms with Crippen molar-refractivity contribution in [1.82, 2.24) is 9.97 Å². The van der Waals surface area contributed by atoms with Gasteiger partial charge in [-0.3, -0.25) is 0 Å². The molecule has 0 atom stereocenters. The lowest BCUT2D eigenvalue weighted by Crippen LogP contribution is -2.26. The molecule has 0 amide bonds. The molecule has 1 saturated heterocycles. The fraction of sp³-hybridized carbons (Fsp3) is 0.375. The van der Waals surface area contributed by atoms with Gasteiger partial charge in [-0.15, -0.1) is 0 Å². The zero-order chi connectivity index (χ0) is 19.6. The number of aryl methyl sites for hydroxylation is 1. The Bertz CT molecular complexity index is 1050. The van der Waals surface area contributed by atoms with Crippen LogP contribution in [-0.2, 0) is 9.47 Å². The van der Waals surface area contributed by atoms with Gasteiger partial charge in [-0.1, -0.05) is 12.1 Å². The molecule has 1 aromatic carbocycles. The molecule has 5 heteroatoms. The lowest BCUT2D eigenvalue weighted by atomic mass is 10.0. The number of nitrogens with zero attached hydrogens (tertiary/aromatic N) is 1. The quantitative estimate of drug-likeness (QED) is 0.688. The minimum atomic E-state index is 0.251.